The predicted molar refractivity (Wildman–Crippen MR) is 137 cm³/mol. The Morgan fingerprint density at radius 2 is 1.95 bits per heavy atom. The average molecular weight is 497 g/mol. The number of ether oxygens (including phenoxy) is 2. The number of carbonyl (C=O) groups is 1. The van der Waals surface area contributed by atoms with Gasteiger partial charge in [0.25, 0.3) is 12.2 Å². The molecule has 10 heteroatoms. The molecule has 2 aromatic heterocycles. The summed E-state index contributed by atoms with van der Waals surface area (Å²) in [5.41, 5.74) is 15.0. The lowest BCUT2D eigenvalue weighted by Gasteiger charge is -2.13. The minimum atomic E-state index is -0.498. The number of nitrogen functional groups attached to an aromatic ring is 2. The van der Waals surface area contributed by atoms with Gasteiger partial charge in [-0.25, -0.2) is 4.98 Å². The predicted octanol–water partition coefficient (Wildman–Crippen LogP) is 2.95. The number of nitrogens with one attached hydrogen (secondary N) is 1. The second-order valence-electron chi connectivity index (χ2n) is 7.74. The number of carbonyl (C=O) groups excluding carboxylic acids is 2. The molecule has 5 N–H and O–H groups in total. The van der Waals surface area contributed by atoms with E-state index < -0.39 is 5.91 Å². The third-order valence-corrected chi connectivity index (χ3v) is 5.31. The zero-order valence-corrected chi connectivity index (χ0v) is 20.0. The van der Waals surface area contributed by atoms with Gasteiger partial charge in [-0.05, 0) is 42.0 Å². The Morgan fingerprint density at radius 1 is 1.11 bits per heavy atom. The van der Waals surface area contributed by atoms with E-state index in [9.17, 15) is 9.59 Å². The topological polar surface area (TPSA) is 156 Å². The molecule has 10 nitrogen and oxygen atoms in total. The summed E-state index contributed by atoms with van der Waals surface area (Å²) in [5.74, 6) is 6.91. The number of hydrogen-bond acceptors (Lipinski definition) is 9. The van der Waals surface area contributed by atoms with Crippen molar-refractivity contribution < 1.29 is 23.5 Å². The summed E-state index contributed by atoms with van der Waals surface area (Å²) in [7, 11) is 3.07. The Morgan fingerprint density at radius 3 is 2.68 bits per heavy atom. The monoisotopic (exact) mass is 496 g/mol. The maximum absolute atomic E-state index is 12.5. The van der Waals surface area contributed by atoms with Crippen LogP contribution in [-0.4, -0.2) is 36.4 Å². The minimum absolute atomic E-state index is 0.0901. The summed E-state index contributed by atoms with van der Waals surface area (Å²) < 4.78 is 16.0. The van der Waals surface area contributed by atoms with E-state index in [1.807, 2.05) is 12.1 Å². The van der Waals surface area contributed by atoms with Gasteiger partial charge in [0.05, 0.1) is 31.6 Å². The van der Waals surface area contributed by atoms with E-state index in [2.05, 4.69) is 27.1 Å². The fourth-order valence-corrected chi connectivity index (χ4v) is 3.59. The van der Waals surface area contributed by atoms with Crippen molar-refractivity contribution in [1.29, 1.82) is 0 Å². The second-order valence-corrected chi connectivity index (χ2v) is 7.74. The van der Waals surface area contributed by atoms with Gasteiger partial charge in [0.15, 0.2) is 17.3 Å². The first-order valence-electron chi connectivity index (χ1n) is 10.9. The van der Waals surface area contributed by atoms with E-state index in [0.717, 1.165) is 5.56 Å². The molecule has 0 aliphatic heterocycles. The fraction of sp³-hybridized carbons (Fsp3) is 0.111. The van der Waals surface area contributed by atoms with Gasteiger partial charge in [-0.1, -0.05) is 17.9 Å². The van der Waals surface area contributed by atoms with Gasteiger partial charge < -0.3 is 30.7 Å². The summed E-state index contributed by atoms with van der Waals surface area (Å²) >= 11 is 0. The number of benzene rings is 2. The van der Waals surface area contributed by atoms with Crippen LogP contribution in [0.3, 0.4) is 0 Å². The van der Waals surface area contributed by atoms with Gasteiger partial charge in [-0.15, -0.1) is 0 Å². The van der Waals surface area contributed by atoms with Crippen molar-refractivity contribution in [3.05, 3.63) is 88.5 Å². The summed E-state index contributed by atoms with van der Waals surface area (Å²) in [6, 6.07) is 12.1. The van der Waals surface area contributed by atoms with E-state index in [1.54, 1.807) is 43.9 Å². The molecule has 1 radical (unpaired) electrons. The molecule has 0 bridgehead atoms. The molecule has 185 valence electrons. The van der Waals surface area contributed by atoms with E-state index in [4.69, 9.17) is 25.4 Å². The molecule has 2 aromatic carbocycles. The van der Waals surface area contributed by atoms with E-state index in [-0.39, 0.29) is 17.3 Å². The number of nitrogens with zero attached hydrogens (tertiary/aromatic N) is 2. The number of methoxy groups -OCH3 is 2. The molecule has 1 amide bonds. The van der Waals surface area contributed by atoms with Crippen molar-refractivity contribution in [2.45, 2.75) is 6.42 Å². The Kier molecular flexibility index (Phi) is 7.35. The van der Waals surface area contributed by atoms with Gasteiger partial charge in [-0.3, -0.25) is 9.59 Å². The molecule has 0 fully saturated rings. The number of furan rings is 1. The van der Waals surface area contributed by atoms with Gasteiger partial charge in [-0.2, -0.15) is 4.98 Å². The molecule has 4 aromatic rings. The third kappa shape index (κ3) is 5.68. The van der Waals surface area contributed by atoms with Crippen LogP contribution in [0, 0.1) is 11.8 Å². The standard InChI is InChI=1S/C27H22N5O5/c1-35-22-13-17(11-19-14-30-27(29)32-25(19)28)10-18(24(22)36-2)7-6-16-4-3-5-20(12-16)31-26(34)21-8-9-37-23(21)15-33/h3-5,8-10,12-14H,11H2,1-2H3,(H,31,34)(H4,28,29,30,32). The molecule has 0 unspecified atom stereocenters. The summed E-state index contributed by atoms with van der Waals surface area (Å²) in [5, 5.41) is 2.72. The molecular weight excluding hydrogens is 474 g/mol. The van der Waals surface area contributed by atoms with Crippen LogP contribution >= 0.6 is 0 Å². The van der Waals surface area contributed by atoms with Gasteiger partial charge in [0, 0.05) is 29.4 Å². The summed E-state index contributed by atoms with van der Waals surface area (Å²) in [4.78, 5) is 31.4. The Bertz CT molecular complexity index is 1530. The normalized spacial score (nSPS) is 10.2. The zero-order chi connectivity index (χ0) is 26.4. The SMILES string of the molecule is COc1cc(Cc2cnc(N)nc2N)cc(C#Cc2cccc(NC(=O)c3ccoc3[C]=O)c2)c1OC. The third-order valence-electron chi connectivity index (χ3n) is 5.31. The van der Waals surface area contributed by atoms with Crippen LogP contribution in [-0.2, 0) is 11.2 Å². The second kappa shape index (κ2) is 11.0. The highest BCUT2D eigenvalue weighted by Gasteiger charge is 2.15. The van der Waals surface area contributed by atoms with Crippen molar-refractivity contribution in [3.63, 3.8) is 0 Å². The number of aromatic nitrogens is 2. The molecule has 0 atom stereocenters. The lowest BCUT2D eigenvalue weighted by Crippen LogP contribution is -2.12. The van der Waals surface area contributed by atoms with Gasteiger partial charge in [0.2, 0.25) is 5.95 Å². The molecule has 37 heavy (non-hydrogen) atoms. The van der Waals surface area contributed by atoms with Crippen LogP contribution in [0.25, 0.3) is 0 Å². The van der Waals surface area contributed by atoms with Crippen LogP contribution in [0.1, 0.15) is 38.4 Å². The van der Waals surface area contributed by atoms with E-state index in [0.29, 0.717) is 46.1 Å². The fourth-order valence-electron chi connectivity index (χ4n) is 3.59. The molecule has 0 aliphatic carbocycles. The molecular formula is C27H22N5O5. The average Bonchev–Trinajstić information content (AvgIpc) is 3.38. The summed E-state index contributed by atoms with van der Waals surface area (Å²) in [6.07, 6.45) is 4.86. The molecule has 4 rings (SSSR count). The van der Waals surface area contributed by atoms with E-state index in [1.165, 1.54) is 19.4 Å². The Hall–Kier alpha value is -5.30. The number of rotatable bonds is 7. The van der Waals surface area contributed by atoms with Crippen molar-refractivity contribution in [1.82, 2.24) is 9.97 Å². The number of anilines is 3. The molecule has 2 heterocycles. The first-order chi connectivity index (χ1) is 17.9. The molecule has 0 spiro atoms. The Labute approximate surface area is 212 Å². The van der Waals surface area contributed by atoms with Crippen molar-refractivity contribution in [3.8, 4) is 23.3 Å². The van der Waals surface area contributed by atoms with Crippen LogP contribution < -0.4 is 26.3 Å². The lowest BCUT2D eigenvalue weighted by molar-refractivity contribution is 0.102. The zero-order valence-electron chi connectivity index (χ0n) is 20.0. The van der Waals surface area contributed by atoms with Crippen LogP contribution in [0.5, 0.6) is 11.5 Å². The first-order valence-corrected chi connectivity index (χ1v) is 10.9. The molecule has 0 saturated heterocycles. The molecule has 0 saturated carbocycles. The van der Waals surface area contributed by atoms with Crippen molar-refractivity contribution >= 4 is 29.6 Å². The summed E-state index contributed by atoms with van der Waals surface area (Å²) in [6.45, 7) is 0. The number of amides is 1. The maximum atomic E-state index is 12.5. The minimum Gasteiger partial charge on any atom is -0.493 e. The first kappa shape index (κ1) is 24.8. The van der Waals surface area contributed by atoms with Crippen molar-refractivity contribution in [2.24, 2.45) is 0 Å². The highest BCUT2D eigenvalue weighted by atomic mass is 16.5. The number of nitrogens with two attached hydrogens (primary N) is 2. The largest absolute Gasteiger partial charge is 0.493 e. The highest BCUT2D eigenvalue weighted by Crippen LogP contribution is 2.33. The molecule has 0 aliphatic rings. The maximum Gasteiger partial charge on any atom is 0.272 e. The van der Waals surface area contributed by atoms with Gasteiger partial charge in [0.1, 0.15) is 5.82 Å². The van der Waals surface area contributed by atoms with Crippen molar-refractivity contribution in [2.75, 3.05) is 31.0 Å². The quantitative estimate of drug-likeness (QED) is 0.327. The van der Waals surface area contributed by atoms with Crippen LogP contribution in [0.4, 0.5) is 17.5 Å². The van der Waals surface area contributed by atoms with E-state index >= 15 is 0 Å². The smallest absolute Gasteiger partial charge is 0.272 e. The van der Waals surface area contributed by atoms with Crippen LogP contribution in [0.2, 0.25) is 0 Å². The van der Waals surface area contributed by atoms with Crippen LogP contribution in [0.15, 0.2) is 59.3 Å². The Balaban J connectivity index is 1.62. The van der Waals surface area contributed by atoms with Gasteiger partial charge >= 0.3 is 0 Å². The number of hydrogen-bond donors (Lipinski definition) is 3. The highest BCUT2D eigenvalue weighted by molar-refractivity contribution is 6.08. The lowest BCUT2D eigenvalue weighted by atomic mass is 10.0.